The summed E-state index contributed by atoms with van der Waals surface area (Å²) in [6, 6.07) is 8.67. The molecular formula is C12H7NO2S. The van der Waals surface area contributed by atoms with Crippen molar-refractivity contribution in [2.24, 2.45) is 0 Å². The molecule has 1 aliphatic rings. The molecule has 0 N–H and O–H groups in total. The number of thiophene rings is 1. The Hall–Kier alpha value is -1.94. The van der Waals surface area contributed by atoms with Gasteiger partial charge in [0.05, 0.1) is 16.8 Å². The van der Waals surface area contributed by atoms with E-state index < -0.39 is 0 Å². The molecule has 2 heterocycles. The highest BCUT2D eigenvalue weighted by atomic mass is 32.1. The lowest BCUT2D eigenvalue weighted by molar-refractivity contribution is 0.0926. The predicted molar refractivity (Wildman–Crippen MR) is 61.9 cm³/mol. The summed E-state index contributed by atoms with van der Waals surface area (Å²) >= 11 is 1.46. The van der Waals surface area contributed by atoms with Gasteiger partial charge in [0.2, 0.25) is 0 Å². The van der Waals surface area contributed by atoms with Crippen molar-refractivity contribution < 1.29 is 9.59 Å². The van der Waals surface area contributed by atoms with Gasteiger partial charge in [0.1, 0.15) is 0 Å². The van der Waals surface area contributed by atoms with Crippen molar-refractivity contribution in [3.05, 3.63) is 52.2 Å². The molecule has 1 aromatic heterocycles. The number of carbonyl (C=O) groups is 2. The molecule has 16 heavy (non-hydrogen) atoms. The van der Waals surface area contributed by atoms with Crippen molar-refractivity contribution in [3.63, 3.8) is 0 Å². The molecule has 0 spiro atoms. The van der Waals surface area contributed by atoms with E-state index in [-0.39, 0.29) is 11.8 Å². The molecule has 0 fully saturated rings. The van der Waals surface area contributed by atoms with Crippen LogP contribution in [0.4, 0.5) is 5.69 Å². The monoisotopic (exact) mass is 229 g/mol. The maximum Gasteiger partial charge on any atom is 0.266 e. The van der Waals surface area contributed by atoms with E-state index in [9.17, 15) is 9.59 Å². The number of anilines is 1. The van der Waals surface area contributed by atoms with Gasteiger partial charge in [0.25, 0.3) is 11.8 Å². The van der Waals surface area contributed by atoms with Gasteiger partial charge in [-0.25, -0.2) is 4.90 Å². The molecule has 0 saturated heterocycles. The molecular weight excluding hydrogens is 222 g/mol. The smallest absolute Gasteiger partial charge is 0.266 e. The fourth-order valence-electron chi connectivity index (χ4n) is 1.81. The van der Waals surface area contributed by atoms with Crippen LogP contribution in [0.5, 0.6) is 0 Å². The molecule has 3 rings (SSSR count). The Kier molecular flexibility index (Phi) is 1.91. The number of imide groups is 1. The minimum Gasteiger partial charge on any atom is -0.268 e. The van der Waals surface area contributed by atoms with E-state index >= 15 is 0 Å². The third-order valence-corrected chi connectivity index (χ3v) is 3.23. The summed E-state index contributed by atoms with van der Waals surface area (Å²) in [7, 11) is 0. The van der Waals surface area contributed by atoms with Crippen molar-refractivity contribution in [1.29, 1.82) is 0 Å². The molecule has 2 aromatic rings. The maximum atomic E-state index is 12.0. The second kappa shape index (κ2) is 3.28. The van der Waals surface area contributed by atoms with Crippen molar-refractivity contribution >= 4 is 28.8 Å². The number of carbonyl (C=O) groups excluding carboxylic acids is 2. The van der Waals surface area contributed by atoms with Gasteiger partial charge in [-0.2, -0.15) is 11.3 Å². The topological polar surface area (TPSA) is 37.4 Å². The first-order chi connectivity index (χ1) is 7.79. The van der Waals surface area contributed by atoms with Gasteiger partial charge in [-0.1, -0.05) is 12.1 Å². The molecule has 0 radical (unpaired) electrons. The molecule has 1 aliphatic heterocycles. The number of hydrogen-bond acceptors (Lipinski definition) is 3. The third-order valence-electron chi connectivity index (χ3n) is 2.56. The number of rotatable bonds is 1. The zero-order valence-corrected chi connectivity index (χ0v) is 9.03. The average Bonchev–Trinajstić information content (AvgIpc) is 2.89. The summed E-state index contributed by atoms with van der Waals surface area (Å²) < 4.78 is 0. The zero-order chi connectivity index (χ0) is 11.1. The summed E-state index contributed by atoms with van der Waals surface area (Å²) in [6.45, 7) is 0. The van der Waals surface area contributed by atoms with E-state index in [1.807, 2.05) is 5.38 Å². The number of benzene rings is 1. The van der Waals surface area contributed by atoms with E-state index in [1.54, 1.807) is 35.7 Å². The van der Waals surface area contributed by atoms with Gasteiger partial charge < -0.3 is 0 Å². The highest BCUT2D eigenvalue weighted by molar-refractivity contribution is 7.08. The van der Waals surface area contributed by atoms with Crippen molar-refractivity contribution in [2.75, 3.05) is 4.90 Å². The number of nitrogens with zero attached hydrogens (tertiary/aromatic N) is 1. The SMILES string of the molecule is O=C1c2ccccc2C(=O)N1c1ccsc1. The van der Waals surface area contributed by atoms with Crippen molar-refractivity contribution in [2.45, 2.75) is 0 Å². The van der Waals surface area contributed by atoms with Gasteiger partial charge in [0.15, 0.2) is 0 Å². The molecule has 2 amide bonds. The summed E-state index contributed by atoms with van der Waals surface area (Å²) in [5.74, 6) is -0.474. The van der Waals surface area contributed by atoms with Crippen LogP contribution in [-0.4, -0.2) is 11.8 Å². The van der Waals surface area contributed by atoms with E-state index in [2.05, 4.69) is 0 Å². The van der Waals surface area contributed by atoms with Gasteiger partial charge in [-0.15, -0.1) is 0 Å². The van der Waals surface area contributed by atoms with Crippen molar-refractivity contribution in [1.82, 2.24) is 0 Å². The van der Waals surface area contributed by atoms with Gasteiger partial charge in [-0.3, -0.25) is 9.59 Å². The van der Waals surface area contributed by atoms with E-state index in [1.165, 1.54) is 16.2 Å². The summed E-state index contributed by atoms with van der Waals surface area (Å²) in [5.41, 5.74) is 1.62. The Bertz CT molecular complexity index is 539. The lowest BCUT2D eigenvalue weighted by Gasteiger charge is -2.10. The lowest BCUT2D eigenvalue weighted by atomic mass is 10.1. The molecule has 0 bridgehead atoms. The number of hydrogen-bond donors (Lipinski definition) is 0. The minimum absolute atomic E-state index is 0.237. The quantitative estimate of drug-likeness (QED) is 0.705. The maximum absolute atomic E-state index is 12.0. The molecule has 4 heteroatoms. The predicted octanol–water partition coefficient (Wildman–Crippen LogP) is 2.55. The Balaban J connectivity index is 2.15. The third kappa shape index (κ3) is 1.13. The van der Waals surface area contributed by atoms with E-state index in [0.29, 0.717) is 16.8 Å². The molecule has 0 aliphatic carbocycles. The Morgan fingerprint density at radius 2 is 1.56 bits per heavy atom. The summed E-state index contributed by atoms with van der Waals surface area (Å²) in [6.07, 6.45) is 0. The Morgan fingerprint density at radius 1 is 0.938 bits per heavy atom. The van der Waals surface area contributed by atoms with E-state index in [0.717, 1.165) is 0 Å². The molecule has 0 saturated carbocycles. The molecule has 1 aromatic carbocycles. The molecule has 0 unspecified atom stereocenters. The lowest BCUT2D eigenvalue weighted by Crippen LogP contribution is -2.28. The van der Waals surface area contributed by atoms with Crippen LogP contribution in [0.2, 0.25) is 0 Å². The molecule has 78 valence electrons. The van der Waals surface area contributed by atoms with Crippen LogP contribution in [0.25, 0.3) is 0 Å². The van der Waals surface area contributed by atoms with Gasteiger partial charge in [0, 0.05) is 5.38 Å². The van der Waals surface area contributed by atoms with Crippen molar-refractivity contribution in [3.8, 4) is 0 Å². The van der Waals surface area contributed by atoms with Gasteiger partial charge in [-0.05, 0) is 23.6 Å². The second-order valence-corrected chi connectivity index (χ2v) is 4.25. The first-order valence-corrected chi connectivity index (χ1v) is 5.73. The van der Waals surface area contributed by atoms with E-state index in [4.69, 9.17) is 0 Å². The molecule has 3 nitrogen and oxygen atoms in total. The zero-order valence-electron chi connectivity index (χ0n) is 8.21. The van der Waals surface area contributed by atoms with Gasteiger partial charge >= 0.3 is 0 Å². The van der Waals surface area contributed by atoms with Crippen LogP contribution < -0.4 is 4.90 Å². The van der Waals surface area contributed by atoms with Crippen LogP contribution >= 0.6 is 11.3 Å². The minimum atomic E-state index is -0.237. The van der Waals surface area contributed by atoms with Crippen LogP contribution in [0.1, 0.15) is 20.7 Å². The largest absolute Gasteiger partial charge is 0.268 e. The average molecular weight is 229 g/mol. The van der Waals surface area contributed by atoms with Crippen LogP contribution in [0.15, 0.2) is 41.1 Å². The summed E-state index contributed by atoms with van der Waals surface area (Å²) in [5, 5.41) is 3.64. The first kappa shape index (κ1) is 9.30. The number of amides is 2. The van der Waals surface area contributed by atoms with Crippen LogP contribution in [0, 0.1) is 0 Å². The Labute approximate surface area is 95.9 Å². The fourth-order valence-corrected chi connectivity index (χ4v) is 2.43. The number of fused-ring (bicyclic) bond motifs is 1. The Morgan fingerprint density at radius 3 is 2.06 bits per heavy atom. The van der Waals surface area contributed by atoms with Crippen LogP contribution in [-0.2, 0) is 0 Å². The highest BCUT2D eigenvalue weighted by Gasteiger charge is 2.36. The normalized spacial score (nSPS) is 14.4. The highest BCUT2D eigenvalue weighted by Crippen LogP contribution is 2.29. The molecule has 0 atom stereocenters. The summed E-state index contributed by atoms with van der Waals surface area (Å²) in [4.78, 5) is 25.3. The standard InChI is InChI=1S/C12H7NO2S/c14-11-9-3-1-2-4-10(9)12(15)13(11)8-5-6-16-7-8/h1-7H. The second-order valence-electron chi connectivity index (χ2n) is 3.47. The fraction of sp³-hybridized carbons (Fsp3) is 0. The first-order valence-electron chi connectivity index (χ1n) is 4.79. The van der Waals surface area contributed by atoms with Crippen LogP contribution in [0.3, 0.4) is 0 Å².